The van der Waals surface area contributed by atoms with Gasteiger partial charge in [-0.25, -0.2) is 4.68 Å². The summed E-state index contributed by atoms with van der Waals surface area (Å²) in [5.41, 5.74) is 3.27. The third-order valence-electron chi connectivity index (χ3n) is 5.64. The van der Waals surface area contributed by atoms with E-state index >= 15 is 0 Å². The lowest BCUT2D eigenvalue weighted by atomic mass is 10.0. The Morgan fingerprint density at radius 3 is 2.28 bits per heavy atom. The third-order valence-corrected chi connectivity index (χ3v) is 5.64. The van der Waals surface area contributed by atoms with Gasteiger partial charge in [0.15, 0.2) is 0 Å². The van der Waals surface area contributed by atoms with Crippen LogP contribution in [0.25, 0.3) is 5.69 Å². The minimum Gasteiger partial charge on any atom is -0.494 e. The molecule has 0 atom stereocenters. The molecule has 1 aliphatic heterocycles. The van der Waals surface area contributed by atoms with Gasteiger partial charge in [-0.1, -0.05) is 0 Å². The molecule has 3 aromatic rings. The molecule has 1 aromatic heterocycles. The van der Waals surface area contributed by atoms with Crippen LogP contribution >= 0.6 is 0 Å². The zero-order valence-electron chi connectivity index (χ0n) is 18.5. The van der Waals surface area contributed by atoms with Crippen LogP contribution in [0.1, 0.15) is 46.0 Å². The van der Waals surface area contributed by atoms with Gasteiger partial charge in [0.25, 0.3) is 11.8 Å². The lowest BCUT2D eigenvalue weighted by Crippen LogP contribution is -2.46. The quantitative estimate of drug-likeness (QED) is 0.646. The van der Waals surface area contributed by atoms with Crippen molar-refractivity contribution < 1.29 is 14.3 Å². The first-order valence-electron chi connectivity index (χ1n) is 11.0. The fourth-order valence-corrected chi connectivity index (χ4v) is 3.86. The van der Waals surface area contributed by atoms with Crippen LogP contribution in [0.15, 0.2) is 60.9 Å². The van der Waals surface area contributed by atoms with Gasteiger partial charge in [-0.2, -0.15) is 5.10 Å². The Bertz CT molecular complexity index is 1070. The molecule has 0 aliphatic carbocycles. The standard InChI is InChI=1S/C25H28N4O3/c1-3-32-23-10-6-20(7-11-23)25(31)28-14-12-21(13-15-28)27-24(30)19-4-8-22(9-5-19)29-17-18(2)16-26-29/h4-11,16-17,21H,3,12-15H2,1-2H3,(H,27,30). The number of piperidine rings is 1. The number of hydrogen-bond donors (Lipinski definition) is 1. The summed E-state index contributed by atoms with van der Waals surface area (Å²) in [5.74, 6) is 0.685. The molecule has 7 nitrogen and oxygen atoms in total. The summed E-state index contributed by atoms with van der Waals surface area (Å²) < 4.78 is 7.22. The van der Waals surface area contributed by atoms with E-state index in [4.69, 9.17) is 4.74 Å². The van der Waals surface area contributed by atoms with Gasteiger partial charge in [-0.05, 0) is 80.8 Å². The molecule has 7 heteroatoms. The van der Waals surface area contributed by atoms with Gasteiger partial charge < -0.3 is 15.0 Å². The van der Waals surface area contributed by atoms with E-state index in [0.717, 1.165) is 29.8 Å². The van der Waals surface area contributed by atoms with Crippen molar-refractivity contribution in [1.82, 2.24) is 20.0 Å². The molecule has 2 aromatic carbocycles. The van der Waals surface area contributed by atoms with Gasteiger partial charge in [-0.3, -0.25) is 9.59 Å². The summed E-state index contributed by atoms with van der Waals surface area (Å²) in [6.45, 7) is 5.76. The fourth-order valence-electron chi connectivity index (χ4n) is 3.86. The first-order chi connectivity index (χ1) is 15.5. The molecule has 1 aliphatic rings. The van der Waals surface area contributed by atoms with Crippen molar-refractivity contribution in [3.05, 3.63) is 77.6 Å². The second-order valence-electron chi connectivity index (χ2n) is 8.01. The maximum absolute atomic E-state index is 12.8. The van der Waals surface area contributed by atoms with Gasteiger partial charge in [-0.15, -0.1) is 0 Å². The largest absolute Gasteiger partial charge is 0.494 e. The lowest BCUT2D eigenvalue weighted by molar-refractivity contribution is 0.0698. The van der Waals surface area contributed by atoms with E-state index in [2.05, 4.69) is 10.4 Å². The zero-order chi connectivity index (χ0) is 22.5. The second kappa shape index (κ2) is 9.68. The number of carbonyl (C=O) groups excluding carboxylic acids is 2. The minimum absolute atomic E-state index is 0.0160. The number of likely N-dealkylation sites (tertiary alicyclic amines) is 1. The summed E-state index contributed by atoms with van der Waals surface area (Å²) in [7, 11) is 0. The summed E-state index contributed by atoms with van der Waals surface area (Å²) in [6, 6.07) is 14.7. The maximum atomic E-state index is 12.8. The Morgan fingerprint density at radius 2 is 1.69 bits per heavy atom. The topological polar surface area (TPSA) is 76.5 Å². The highest BCUT2D eigenvalue weighted by Crippen LogP contribution is 2.18. The highest BCUT2D eigenvalue weighted by molar-refractivity contribution is 5.95. The lowest BCUT2D eigenvalue weighted by Gasteiger charge is -2.32. The van der Waals surface area contributed by atoms with Gasteiger partial charge in [0.05, 0.1) is 18.5 Å². The summed E-state index contributed by atoms with van der Waals surface area (Å²) in [4.78, 5) is 27.3. The van der Waals surface area contributed by atoms with E-state index in [1.807, 2.05) is 61.3 Å². The number of hydrogen-bond acceptors (Lipinski definition) is 4. The van der Waals surface area contributed by atoms with E-state index in [0.29, 0.717) is 30.8 Å². The third kappa shape index (κ3) is 4.99. The molecule has 32 heavy (non-hydrogen) atoms. The van der Waals surface area contributed by atoms with Crippen LogP contribution in [-0.4, -0.2) is 52.2 Å². The monoisotopic (exact) mass is 432 g/mol. The van der Waals surface area contributed by atoms with Crippen molar-refractivity contribution >= 4 is 11.8 Å². The minimum atomic E-state index is -0.0931. The van der Waals surface area contributed by atoms with Crippen LogP contribution in [0.4, 0.5) is 0 Å². The normalized spacial score (nSPS) is 14.2. The molecule has 0 radical (unpaired) electrons. The molecule has 2 heterocycles. The molecule has 0 saturated carbocycles. The number of aromatic nitrogens is 2. The first kappa shape index (κ1) is 21.6. The number of nitrogens with one attached hydrogen (secondary N) is 1. The van der Waals surface area contributed by atoms with Gasteiger partial charge >= 0.3 is 0 Å². The Hall–Kier alpha value is -3.61. The van der Waals surface area contributed by atoms with Crippen LogP contribution in [0, 0.1) is 6.92 Å². The first-order valence-corrected chi connectivity index (χ1v) is 11.0. The van der Waals surface area contributed by atoms with Crippen molar-refractivity contribution in [2.75, 3.05) is 19.7 Å². The number of amides is 2. The van der Waals surface area contributed by atoms with Crippen molar-refractivity contribution in [2.24, 2.45) is 0 Å². The van der Waals surface area contributed by atoms with Crippen LogP contribution in [0.2, 0.25) is 0 Å². The number of carbonyl (C=O) groups is 2. The van der Waals surface area contributed by atoms with E-state index < -0.39 is 0 Å². The summed E-state index contributed by atoms with van der Waals surface area (Å²) >= 11 is 0. The van der Waals surface area contributed by atoms with Gasteiger partial charge in [0.1, 0.15) is 5.75 Å². The average Bonchev–Trinajstić information content (AvgIpc) is 3.26. The predicted molar refractivity (Wildman–Crippen MR) is 122 cm³/mol. The van der Waals surface area contributed by atoms with Crippen molar-refractivity contribution in [3.8, 4) is 11.4 Å². The smallest absolute Gasteiger partial charge is 0.253 e. The molecule has 166 valence electrons. The van der Waals surface area contributed by atoms with Crippen LogP contribution in [0.5, 0.6) is 5.75 Å². The average molecular weight is 433 g/mol. The number of rotatable bonds is 6. The summed E-state index contributed by atoms with van der Waals surface area (Å²) in [5, 5.41) is 7.39. The molecule has 0 spiro atoms. The van der Waals surface area contributed by atoms with Gasteiger partial charge in [0, 0.05) is 36.5 Å². The summed E-state index contributed by atoms with van der Waals surface area (Å²) in [6.07, 6.45) is 5.21. The highest BCUT2D eigenvalue weighted by atomic mass is 16.5. The Kier molecular flexibility index (Phi) is 6.54. The fraction of sp³-hybridized carbons (Fsp3) is 0.320. The van der Waals surface area contributed by atoms with E-state index in [9.17, 15) is 9.59 Å². The van der Waals surface area contributed by atoms with E-state index in [1.54, 1.807) is 23.0 Å². The van der Waals surface area contributed by atoms with Crippen LogP contribution in [-0.2, 0) is 0 Å². The number of aryl methyl sites for hydroxylation is 1. The molecule has 4 rings (SSSR count). The van der Waals surface area contributed by atoms with Gasteiger partial charge in [0.2, 0.25) is 0 Å². The SMILES string of the molecule is CCOc1ccc(C(=O)N2CCC(NC(=O)c3ccc(-n4cc(C)cn4)cc3)CC2)cc1. The molecule has 2 amide bonds. The molecule has 1 fully saturated rings. The Morgan fingerprint density at radius 1 is 1.03 bits per heavy atom. The van der Waals surface area contributed by atoms with Crippen LogP contribution in [0.3, 0.4) is 0 Å². The Labute approximate surface area is 188 Å². The van der Waals surface area contributed by atoms with E-state index in [1.165, 1.54) is 0 Å². The second-order valence-corrected chi connectivity index (χ2v) is 8.01. The van der Waals surface area contributed by atoms with Crippen molar-refractivity contribution in [3.63, 3.8) is 0 Å². The molecular formula is C25H28N4O3. The maximum Gasteiger partial charge on any atom is 0.253 e. The molecular weight excluding hydrogens is 404 g/mol. The predicted octanol–water partition coefficient (Wildman–Crippen LogP) is 3.61. The number of nitrogens with zero attached hydrogens (tertiary/aromatic N) is 3. The zero-order valence-corrected chi connectivity index (χ0v) is 18.5. The van der Waals surface area contributed by atoms with Crippen molar-refractivity contribution in [2.45, 2.75) is 32.7 Å². The number of ether oxygens (including phenoxy) is 1. The molecule has 0 unspecified atom stereocenters. The highest BCUT2D eigenvalue weighted by Gasteiger charge is 2.25. The Balaban J connectivity index is 1.28. The van der Waals surface area contributed by atoms with Crippen LogP contribution < -0.4 is 10.1 Å². The molecule has 1 saturated heterocycles. The molecule has 1 N–H and O–H groups in total. The van der Waals surface area contributed by atoms with E-state index in [-0.39, 0.29) is 17.9 Å². The number of benzene rings is 2. The molecule has 0 bridgehead atoms. The van der Waals surface area contributed by atoms with Crippen molar-refractivity contribution in [1.29, 1.82) is 0 Å².